The quantitative estimate of drug-likeness (QED) is 0.788. The minimum absolute atomic E-state index is 0.129. The van der Waals surface area contributed by atoms with E-state index in [1.165, 1.54) is 6.42 Å². The molecule has 0 N–H and O–H groups in total. The van der Waals surface area contributed by atoms with Crippen molar-refractivity contribution >= 4 is 17.5 Å². The third-order valence-corrected chi connectivity index (χ3v) is 3.43. The summed E-state index contributed by atoms with van der Waals surface area (Å²) in [6.07, 6.45) is 4.23. The summed E-state index contributed by atoms with van der Waals surface area (Å²) >= 11 is 5.94. The predicted molar refractivity (Wildman–Crippen MR) is 73.5 cm³/mol. The molecular weight excluding hydrogens is 250 g/mol. The average molecular weight is 270 g/mol. The summed E-state index contributed by atoms with van der Waals surface area (Å²) in [5, 5.41) is 0. The number of rotatable bonds is 4. The van der Waals surface area contributed by atoms with Crippen LogP contribution in [0.1, 0.15) is 26.7 Å². The molecule has 2 heterocycles. The van der Waals surface area contributed by atoms with E-state index in [1.54, 1.807) is 12.3 Å². The molecule has 0 aromatic carbocycles. The fourth-order valence-corrected chi connectivity index (χ4v) is 2.42. The number of nitrogens with zero attached hydrogens (tertiary/aromatic N) is 3. The van der Waals surface area contributed by atoms with Crippen LogP contribution in [0, 0.1) is 5.92 Å². The number of aromatic nitrogens is 2. The summed E-state index contributed by atoms with van der Waals surface area (Å²) in [6.45, 7) is 5.92. The first kappa shape index (κ1) is 13.4. The summed E-state index contributed by atoms with van der Waals surface area (Å²) in [5.74, 6) is 2.64. The van der Waals surface area contributed by atoms with E-state index in [0.29, 0.717) is 17.7 Å². The van der Waals surface area contributed by atoms with Gasteiger partial charge in [-0.05, 0) is 32.6 Å². The largest absolute Gasteiger partial charge is 0.475 e. The van der Waals surface area contributed by atoms with Crippen LogP contribution in [0.3, 0.4) is 0 Å². The Morgan fingerprint density at radius 3 is 3.11 bits per heavy atom. The van der Waals surface area contributed by atoms with Crippen molar-refractivity contribution in [3.05, 3.63) is 12.3 Å². The summed E-state index contributed by atoms with van der Waals surface area (Å²) in [6, 6.07) is 1.80. The molecule has 5 heteroatoms. The summed E-state index contributed by atoms with van der Waals surface area (Å²) in [4.78, 5) is 11.0. The highest BCUT2D eigenvalue weighted by molar-refractivity contribution is 6.18. The van der Waals surface area contributed by atoms with Gasteiger partial charge in [-0.2, -0.15) is 4.98 Å². The average Bonchev–Trinajstić information content (AvgIpc) is 2.38. The normalized spacial score (nSPS) is 20.2. The van der Waals surface area contributed by atoms with Crippen molar-refractivity contribution in [1.29, 1.82) is 0 Å². The third-order valence-electron chi connectivity index (χ3n) is 2.99. The number of piperidine rings is 1. The Labute approximate surface area is 113 Å². The van der Waals surface area contributed by atoms with Gasteiger partial charge in [0.25, 0.3) is 0 Å². The van der Waals surface area contributed by atoms with E-state index in [2.05, 4.69) is 14.9 Å². The lowest BCUT2D eigenvalue weighted by molar-refractivity contribution is 0.232. The lowest BCUT2D eigenvalue weighted by Gasteiger charge is -2.31. The molecule has 1 aliphatic rings. The Morgan fingerprint density at radius 2 is 2.39 bits per heavy atom. The molecule has 0 spiro atoms. The molecule has 100 valence electrons. The smallest absolute Gasteiger partial charge is 0.228 e. The van der Waals surface area contributed by atoms with Gasteiger partial charge in [0.1, 0.15) is 0 Å². The van der Waals surface area contributed by atoms with Gasteiger partial charge in [-0.3, -0.25) is 0 Å². The molecule has 1 saturated heterocycles. The molecular formula is C13H20ClN3O. The van der Waals surface area contributed by atoms with Crippen LogP contribution >= 0.6 is 11.6 Å². The van der Waals surface area contributed by atoms with Crippen LogP contribution in [0.15, 0.2) is 12.3 Å². The zero-order valence-electron chi connectivity index (χ0n) is 11.0. The van der Waals surface area contributed by atoms with Crippen molar-refractivity contribution in [3.63, 3.8) is 0 Å². The van der Waals surface area contributed by atoms with Gasteiger partial charge in [-0.15, -0.1) is 11.6 Å². The molecule has 1 unspecified atom stereocenters. The van der Waals surface area contributed by atoms with E-state index in [0.717, 1.165) is 25.5 Å². The Hall–Kier alpha value is -1.03. The molecule has 1 aromatic heterocycles. The summed E-state index contributed by atoms with van der Waals surface area (Å²) < 4.78 is 5.59. The lowest BCUT2D eigenvalue weighted by atomic mass is 10.0. The number of halogens is 1. The third kappa shape index (κ3) is 3.48. The molecule has 1 atom stereocenters. The van der Waals surface area contributed by atoms with Crippen molar-refractivity contribution in [1.82, 2.24) is 9.97 Å². The molecule has 0 bridgehead atoms. The molecule has 4 nitrogen and oxygen atoms in total. The first-order chi connectivity index (χ1) is 8.69. The molecule has 1 aliphatic heterocycles. The van der Waals surface area contributed by atoms with Gasteiger partial charge in [0.15, 0.2) is 0 Å². The maximum Gasteiger partial charge on any atom is 0.228 e. The second-order valence-electron chi connectivity index (χ2n) is 4.97. The SMILES string of the molecule is CC(C)Oc1ccnc(N2CCCC(CCl)C2)n1. The number of hydrogen-bond donors (Lipinski definition) is 0. The highest BCUT2D eigenvalue weighted by Gasteiger charge is 2.21. The lowest BCUT2D eigenvalue weighted by Crippen LogP contribution is -2.37. The maximum atomic E-state index is 5.94. The second kappa shape index (κ2) is 6.23. The number of alkyl halides is 1. The maximum absolute atomic E-state index is 5.94. The van der Waals surface area contributed by atoms with E-state index in [-0.39, 0.29) is 6.10 Å². The van der Waals surface area contributed by atoms with Crippen molar-refractivity contribution in [2.45, 2.75) is 32.8 Å². The van der Waals surface area contributed by atoms with Gasteiger partial charge in [0, 0.05) is 31.2 Å². The number of hydrogen-bond acceptors (Lipinski definition) is 4. The monoisotopic (exact) mass is 269 g/mol. The molecule has 0 saturated carbocycles. The van der Waals surface area contributed by atoms with E-state index in [1.807, 2.05) is 13.8 Å². The Morgan fingerprint density at radius 1 is 1.56 bits per heavy atom. The van der Waals surface area contributed by atoms with Crippen molar-refractivity contribution < 1.29 is 4.74 Å². The molecule has 18 heavy (non-hydrogen) atoms. The molecule has 1 fully saturated rings. The van der Waals surface area contributed by atoms with Crippen molar-refractivity contribution in [3.8, 4) is 5.88 Å². The Balaban J connectivity index is 2.07. The molecule has 0 radical (unpaired) electrons. The molecule has 0 amide bonds. The molecule has 0 aliphatic carbocycles. The van der Waals surface area contributed by atoms with Gasteiger partial charge in [-0.1, -0.05) is 0 Å². The first-order valence-corrected chi connectivity index (χ1v) is 7.03. The predicted octanol–water partition coefficient (Wildman–Crippen LogP) is 2.72. The van der Waals surface area contributed by atoms with Crippen LogP contribution < -0.4 is 9.64 Å². The van der Waals surface area contributed by atoms with Gasteiger partial charge in [-0.25, -0.2) is 4.98 Å². The molecule has 1 aromatic rings. The van der Waals surface area contributed by atoms with Crippen LogP contribution in [0.5, 0.6) is 5.88 Å². The number of ether oxygens (including phenoxy) is 1. The first-order valence-electron chi connectivity index (χ1n) is 6.49. The van der Waals surface area contributed by atoms with Crippen molar-refractivity contribution in [2.24, 2.45) is 5.92 Å². The van der Waals surface area contributed by atoms with E-state index >= 15 is 0 Å². The highest BCUT2D eigenvalue weighted by Crippen LogP contribution is 2.22. The zero-order chi connectivity index (χ0) is 13.0. The topological polar surface area (TPSA) is 38.2 Å². The Kier molecular flexibility index (Phi) is 4.64. The minimum atomic E-state index is 0.129. The van der Waals surface area contributed by atoms with E-state index in [9.17, 15) is 0 Å². The van der Waals surface area contributed by atoms with Crippen LogP contribution in [0.25, 0.3) is 0 Å². The fraction of sp³-hybridized carbons (Fsp3) is 0.692. The standard InChI is InChI=1S/C13H20ClN3O/c1-10(2)18-12-5-6-15-13(16-12)17-7-3-4-11(8-14)9-17/h5-6,10-11H,3-4,7-9H2,1-2H3. The van der Waals surface area contributed by atoms with Gasteiger partial charge < -0.3 is 9.64 Å². The zero-order valence-corrected chi connectivity index (χ0v) is 11.7. The summed E-state index contributed by atoms with van der Waals surface area (Å²) in [5.41, 5.74) is 0. The van der Waals surface area contributed by atoms with E-state index < -0.39 is 0 Å². The van der Waals surface area contributed by atoms with Gasteiger partial charge in [0.2, 0.25) is 11.8 Å². The fourth-order valence-electron chi connectivity index (χ4n) is 2.16. The van der Waals surface area contributed by atoms with E-state index in [4.69, 9.17) is 16.3 Å². The minimum Gasteiger partial charge on any atom is -0.475 e. The molecule has 2 rings (SSSR count). The van der Waals surface area contributed by atoms with Gasteiger partial charge >= 0.3 is 0 Å². The van der Waals surface area contributed by atoms with Gasteiger partial charge in [0.05, 0.1) is 6.10 Å². The summed E-state index contributed by atoms with van der Waals surface area (Å²) in [7, 11) is 0. The number of anilines is 1. The van der Waals surface area contributed by atoms with Crippen LogP contribution in [0.2, 0.25) is 0 Å². The van der Waals surface area contributed by atoms with Crippen LogP contribution in [0.4, 0.5) is 5.95 Å². The Bertz CT molecular complexity index is 386. The van der Waals surface area contributed by atoms with Crippen LogP contribution in [-0.2, 0) is 0 Å². The second-order valence-corrected chi connectivity index (χ2v) is 5.28. The highest BCUT2D eigenvalue weighted by atomic mass is 35.5. The van der Waals surface area contributed by atoms with Crippen molar-refractivity contribution in [2.75, 3.05) is 23.9 Å². The van der Waals surface area contributed by atoms with Crippen LogP contribution in [-0.4, -0.2) is 35.0 Å².